The monoisotopic (exact) mass is 271 g/mol. The minimum Gasteiger partial charge on any atom is -0.468 e. The van der Waals surface area contributed by atoms with E-state index in [-0.39, 0.29) is 5.97 Å². The molecule has 1 saturated heterocycles. The molecule has 1 aliphatic rings. The third kappa shape index (κ3) is 8.75. The average molecular weight is 271 g/mol. The van der Waals surface area contributed by atoms with Crippen LogP contribution in [0.15, 0.2) is 12.7 Å². The van der Waals surface area contributed by atoms with E-state index in [2.05, 4.69) is 21.7 Å². The lowest BCUT2D eigenvalue weighted by Gasteiger charge is -2.23. The van der Waals surface area contributed by atoms with Gasteiger partial charge in [0.05, 0.1) is 13.7 Å². The van der Waals surface area contributed by atoms with Crippen LogP contribution in [0.25, 0.3) is 0 Å². The van der Waals surface area contributed by atoms with E-state index < -0.39 is 0 Å². The standard InChI is InChI=1S/C12H23N3O2.C2H6/c1-3-6-14-7-4-13-5-8-15(10-9-14)11-12(16)17-2;1-2/h3,13H,1,4-11H2,2H3;1-2H3. The van der Waals surface area contributed by atoms with E-state index in [4.69, 9.17) is 4.74 Å². The summed E-state index contributed by atoms with van der Waals surface area (Å²) in [7, 11) is 1.43. The fourth-order valence-corrected chi connectivity index (χ4v) is 1.88. The van der Waals surface area contributed by atoms with E-state index in [1.807, 2.05) is 19.9 Å². The van der Waals surface area contributed by atoms with Crippen LogP contribution >= 0.6 is 0 Å². The van der Waals surface area contributed by atoms with Gasteiger partial charge in [-0.05, 0) is 0 Å². The number of carbonyl (C=O) groups is 1. The second kappa shape index (κ2) is 12.1. The molecule has 1 fully saturated rings. The molecule has 112 valence electrons. The first-order valence-corrected chi connectivity index (χ1v) is 7.09. The Kier molecular flexibility index (Phi) is 11.6. The summed E-state index contributed by atoms with van der Waals surface area (Å²) in [5.74, 6) is -0.167. The number of esters is 1. The van der Waals surface area contributed by atoms with Gasteiger partial charge in [-0.3, -0.25) is 14.6 Å². The van der Waals surface area contributed by atoms with E-state index in [9.17, 15) is 4.79 Å². The third-order valence-electron chi connectivity index (χ3n) is 2.91. The van der Waals surface area contributed by atoms with Gasteiger partial charge < -0.3 is 10.1 Å². The maximum atomic E-state index is 11.3. The number of nitrogens with one attached hydrogen (secondary N) is 1. The Morgan fingerprint density at radius 3 is 2.37 bits per heavy atom. The molecule has 0 atom stereocenters. The van der Waals surface area contributed by atoms with Gasteiger partial charge >= 0.3 is 5.97 Å². The first-order valence-electron chi connectivity index (χ1n) is 7.09. The van der Waals surface area contributed by atoms with Crippen molar-refractivity contribution < 1.29 is 9.53 Å². The second-order valence-corrected chi connectivity index (χ2v) is 4.19. The van der Waals surface area contributed by atoms with Crippen LogP contribution in [0.3, 0.4) is 0 Å². The van der Waals surface area contributed by atoms with Crippen LogP contribution in [0.1, 0.15) is 13.8 Å². The smallest absolute Gasteiger partial charge is 0.319 e. The summed E-state index contributed by atoms with van der Waals surface area (Å²) in [6.07, 6.45) is 1.92. The number of hydrogen-bond donors (Lipinski definition) is 1. The number of ether oxygens (including phenoxy) is 1. The predicted octanol–water partition coefficient (Wildman–Crippen LogP) is 0.579. The van der Waals surface area contributed by atoms with Gasteiger partial charge in [-0.15, -0.1) is 6.58 Å². The summed E-state index contributed by atoms with van der Waals surface area (Å²) in [6.45, 7) is 14.7. The summed E-state index contributed by atoms with van der Waals surface area (Å²) >= 11 is 0. The molecular formula is C14H29N3O2. The van der Waals surface area contributed by atoms with Gasteiger partial charge in [0.15, 0.2) is 0 Å². The van der Waals surface area contributed by atoms with E-state index in [1.165, 1.54) is 7.11 Å². The van der Waals surface area contributed by atoms with Gasteiger partial charge in [-0.25, -0.2) is 0 Å². The molecule has 0 aliphatic carbocycles. The molecule has 0 unspecified atom stereocenters. The Hall–Kier alpha value is -0.910. The highest BCUT2D eigenvalue weighted by Gasteiger charge is 2.14. The molecule has 0 spiro atoms. The lowest BCUT2D eigenvalue weighted by Crippen LogP contribution is -2.39. The second-order valence-electron chi connectivity index (χ2n) is 4.19. The minimum absolute atomic E-state index is 0.167. The summed E-state index contributed by atoms with van der Waals surface area (Å²) in [4.78, 5) is 15.7. The molecule has 0 amide bonds. The highest BCUT2D eigenvalue weighted by Crippen LogP contribution is 1.96. The highest BCUT2D eigenvalue weighted by molar-refractivity contribution is 5.71. The minimum atomic E-state index is -0.167. The van der Waals surface area contributed by atoms with Gasteiger partial charge in [-0.1, -0.05) is 19.9 Å². The molecule has 1 heterocycles. The van der Waals surface area contributed by atoms with Crippen molar-refractivity contribution in [3.63, 3.8) is 0 Å². The maximum Gasteiger partial charge on any atom is 0.319 e. The Morgan fingerprint density at radius 2 is 1.79 bits per heavy atom. The van der Waals surface area contributed by atoms with Gasteiger partial charge in [-0.2, -0.15) is 0 Å². The first kappa shape index (κ1) is 18.1. The van der Waals surface area contributed by atoms with Crippen LogP contribution in [0.5, 0.6) is 0 Å². The van der Waals surface area contributed by atoms with Gasteiger partial charge in [0.2, 0.25) is 0 Å². The summed E-state index contributed by atoms with van der Waals surface area (Å²) in [5, 5.41) is 3.37. The van der Waals surface area contributed by atoms with Crippen molar-refractivity contribution in [2.45, 2.75) is 13.8 Å². The zero-order chi connectivity index (χ0) is 14.5. The number of hydrogen-bond acceptors (Lipinski definition) is 5. The molecule has 0 bridgehead atoms. The van der Waals surface area contributed by atoms with Crippen LogP contribution < -0.4 is 5.32 Å². The van der Waals surface area contributed by atoms with Crippen molar-refractivity contribution in [2.24, 2.45) is 0 Å². The quantitative estimate of drug-likeness (QED) is 0.598. The summed E-state index contributed by atoms with van der Waals surface area (Å²) in [6, 6.07) is 0. The number of methoxy groups -OCH3 is 1. The number of rotatable bonds is 4. The molecule has 0 aromatic carbocycles. The molecule has 1 aliphatic heterocycles. The van der Waals surface area contributed by atoms with Crippen molar-refractivity contribution in [1.82, 2.24) is 15.1 Å². The van der Waals surface area contributed by atoms with Gasteiger partial charge in [0, 0.05) is 45.8 Å². The molecule has 5 nitrogen and oxygen atoms in total. The van der Waals surface area contributed by atoms with Crippen LogP contribution in [0, 0.1) is 0 Å². The summed E-state index contributed by atoms with van der Waals surface area (Å²) < 4.78 is 4.70. The zero-order valence-electron chi connectivity index (χ0n) is 12.7. The van der Waals surface area contributed by atoms with Crippen LogP contribution in [-0.4, -0.2) is 75.2 Å². The number of nitrogens with zero attached hydrogens (tertiary/aromatic N) is 2. The molecule has 0 saturated carbocycles. The Balaban J connectivity index is 0.00000154. The Morgan fingerprint density at radius 1 is 1.21 bits per heavy atom. The van der Waals surface area contributed by atoms with Crippen molar-refractivity contribution in [2.75, 3.05) is 59.5 Å². The highest BCUT2D eigenvalue weighted by atomic mass is 16.5. The van der Waals surface area contributed by atoms with E-state index >= 15 is 0 Å². The van der Waals surface area contributed by atoms with Crippen molar-refractivity contribution in [1.29, 1.82) is 0 Å². The van der Waals surface area contributed by atoms with Crippen molar-refractivity contribution >= 4 is 5.97 Å². The molecule has 1 N–H and O–H groups in total. The molecular weight excluding hydrogens is 242 g/mol. The molecule has 0 radical (unpaired) electrons. The van der Waals surface area contributed by atoms with Crippen LogP contribution in [0.4, 0.5) is 0 Å². The maximum absolute atomic E-state index is 11.3. The molecule has 19 heavy (non-hydrogen) atoms. The van der Waals surface area contributed by atoms with E-state index in [1.54, 1.807) is 0 Å². The first-order chi connectivity index (χ1) is 9.26. The molecule has 0 aromatic heterocycles. The van der Waals surface area contributed by atoms with Crippen LogP contribution in [0.2, 0.25) is 0 Å². The molecule has 1 rings (SSSR count). The Labute approximate surface area is 117 Å². The van der Waals surface area contributed by atoms with Crippen LogP contribution in [-0.2, 0) is 9.53 Å². The SMILES string of the molecule is C=CCN1CCNCCN(CC(=O)OC)CC1.CC. The van der Waals surface area contributed by atoms with Crippen molar-refractivity contribution in [3.8, 4) is 0 Å². The Bertz CT molecular complexity index is 247. The topological polar surface area (TPSA) is 44.8 Å². The predicted molar refractivity (Wildman–Crippen MR) is 79.3 cm³/mol. The molecule has 5 heteroatoms. The summed E-state index contributed by atoms with van der Waals surface area (Å²) in [5.41, 5.74) is 0. The van der Waals surface area contributed by atoms with Gasteiger partial charge in [0.25, 0.3) is 0 Å². The largest absolute Gasteiger partial charge is 0.468 e. The average Bonchev–Trinajstić information content (AvgIpc) is 2.55. The zero-order valence-corrected chi connectivity index (χ0v) is 12.7. The van der Waals surface area contributed by atoms with E-state index in [0.29, 0.717) is 6.54 Å². The fraction of sp³-hybridized carbons (Fsp3) is 0.786. The number of carbonyl (C=O) groups excluding carboxylic acids is 1. The van der Waals surface area contributed by atoms with Gasteiger partial charge in [0.1, 0.15) is 0 Å². The third-order valence-corrected chi connectivity index (χ3v) is 2.91. The van der Waals surface area contributed by atoms with Crippen molar-refractivity contribution in [3.05, 3.63) is 12.7 Å². The molecule has 0 aromatic rings. The lowest BCUT2D eigenvalue weighted by atomic mass is 10.4. The van der Waals surface area contributed by atoms with E-state index in [0.717, 1.165) is 45.8 Å². The normalized spacial score (nSPS) is 18.3. The fourth-order valence-electron chi connectivity index (χ4n) is 1.88. The lowest BCUT2D eigenvalue weighted by molar-refractivity contribution is -0.141.